The number of furan rings is 1. The topological polar surface area (TPSA) is 88.2 Å². The van der Waals surface area contributed by atoms with Gasteiger partial charge in [-0.15, -0.1) is 0 Å². The van der Waals surface area contributed by atoms with E-state index in [0.717, 1.165) is 43.4 Å². The molecule has 3 heterocycles. The van der Waals surface area contributed by atoms with Crippen molar-refractivity contribution in [2.24, 2.45) is 0 Å². The number of rotatable bonds is 7. The Morgan fingerprint density at radius 1 is 1.03 bits per heavy atom. The lowest BCUT2D eigenvalue weighted by atomic mass is 10.1. The summed E-state index contributed by atoms with van der Waals surface area (Å²) in [6.45, 7) is 3.58. The summed E-state index contributed by atoms with van der Waals surface area (Å²) in [5, 5.41) is 3.62. The normalized spacial score (nSPS) is 15.2. The van der Waals surface area contributed by atoms with Crippen LogP contribution in [0.4, 0.5) is 5.69 Å². The number of methoxy groups -OCH3 is 1. The lowest BCUT2D eigenvalue weighted by Crippen LogP contribution is -2.50. The van der Waals surface area contributed by atoms with E-state index in [0.29, 0.717) is 17.5 Å². The molecule has 1 fully saturated rings. The van der Waals surface area contributed by atoms with E-state index in [1.165, 1.54) is 0 Å². The molecule has 1 N–H and O–H groups in total. The van der Waals surface area contributed by atoms with Crippen LogP contribution < -0.4 is 20.6 Å². The number of hydrogen-bond donors (Lipinski definition) is 1. The van der Waals surface area contributed by atoms with Crippen molar-refractivity contribution in [1.82, 2.24) is 10.2 Å². The minimum absolute atomic E-state index is 0.00813. The van der Waals surface area contributed by atoms with E-state index in [2.05, 4.69) is 27.2 Å². The van der Waals surface area contributed by atoms with E-state index in [-0.39, 0.29) is 11.6 Å². The number of fused-ring (bicyclic) bond motifs is 1. The van der Waals surface area contributed by atoms with Crippen LogP contribution in [0.25, 0.3) is 11.0 Å². The number of ether oxygens (including phenoxy) is 1. The third-order valence-electron chi connectivity index (χ3n) is 6.41. The average Bonchev–Trinajstić information content (AvgIpc) is 3.43. The molecular formula is C27H27N3O5. The first kappa shape index (κ1) is 22.7. The van der Waals surface area contributed by atoms with Crippen molar-refractivity contribution in [3.8, 4) is 5.75 Å². The maximum Gasteiger partial charge on any atom is 0.349 e. The first-order chi connectivity index (χ1) is 17.1. The van der Waals surface area contributed by atoms with Gasteiger partial charge in [0.25, 0.3) is 5.91 Å². The lowest BCUT2D eigenvalue weighted by Gasteiger charge is -2.39. The van der Waals surface area contributed by atoms with Gasteiger partial charge in [0.05, 0.1) is 19.4 Å². The molecule has 1 saturated heterocycles. The minimum Gasteiger partial charge on any atom is -0.497 e. The summed E-state index contributed by atoms with van der Waals surface area (Å²) in [7, 11) is 1.66. The number of carbonyl (C=O) groups is 1. The Morgan fingerprint density at radius 2 is 1.80 bits per heavy atom. The molecule has 0 bridgehead atoms. The summed E-state index contributed by atoms with van der Waals surface area (Å²) in [6.07, 6.45) is 1.63. The van der Waals surface area contributed by atoms with Crippen LogP contribution >= 0.6 is 0 Å². The molecule has 0 spiro atoms. The molecule has 1 amide bonds. The van der Waals surface area contributed by atoms with Gasteiger partial charge in [0.2, 0.25) is 0 Å². The summed E-state index contributed by atoms with van der Waals surface area (Å²) < 4.78 is 16.3. The van der Waals surface area contributed by atoms with E-state index < -0.39 is 11.5 Å². The third-order valence-corrected chi connectivity index (χ3v) is 6.41. The van der Waals surface area contributed by atoms with Crippen LogP contribution in [-0.2, 0) is 0 Å². The fourth-order valence-electron chi connectivity index (χ4n) is 4.48. The number of hydrogen-bond acceptors (Lipinski definition) is 7. The zero-order valence-corrected chi connectivity index (χ0v) is 19.5. The Labute approximate surface area is 202 Å². The molecule has 2 aromatic carbocycles. The number of nitrogens with zero attached hydrogens (tertiary/aromatic N) is 2. The van der Waals surface area contributed by atoms with Crippen molar-refractivity contribution >= 4 is 22.6 Å². The van der Waals surface area contributed by atoms with Gasteiger partial charge in [-0.1, -0.05) is 18.2 Å². The second-order valence-electron chi connectivity index (χ2n) is 8.45. The highest BCUT2D eigenvalue weighted by molar-refractivity contribution is 5.96. The maximum absolute atomic E-state index is 12.9. The van der Waals surface area contributed by atoms with Gasteiger partial charge in [0.1, 0.15) is 22.7 Å². The fraction of sp³-hybridized carbons (Fsp3) is 0.259. The molecule has 8 heteroatoms. The van der Waals surface area contributed by atoms with Gasteiger partial charge in [0.15, 0.2) is 0 Å². The van der Waals surface area contributed by atoms with Crippen LogP contribution in [-0.4, -0.2) is 50.6 Å². The highest BCUT2D eigenvalue weighted by Gasteiger charge is 2.28. The van der Waals surface area contributed by atoms with Crippen molar-refractivity contribution in [3.05, 3.63) is 94.7 Å². The summed E-state index contributed by atoms with van der Waals surface area (Å²) in [5.74, 6) is 1.15. The first-order valence-electron chi connectivity index (χ1n) is 11.6. The number of piperazine rings is 1. The van der Waals surface area contributed by atoms with Crippen LogP contribution in [0, 0.1) is 0 Å². The Bertz CT molecular complexity index is 1340. The quantitative estimate of drug-likeness (QED) is 0.410. The molecule has 4 aromatic rings. The molecular weight excluding hydrogens is 446 g/mol. The smallest absolute Gasteiger partial charge is 0.349 e. The highest BCUT2D eigenvalue weighted by Crippen LogP contribution is 2.25. The van der Waals surface area contributed by atoms with Gasteiger partial charge in [-0.3, -0.25) is 9.69 Å². The van der Waals surface area contributed by atoms with E-state index in [9.17, 15) is 9.59 Å². The second kappa shape index (κ2) is 10.1. The van der Waals surface area contributed by atoms with Crippen molar-refractivity contribution in [3.63, 3.8) is 0 Å². The zero-order valence-electron chi connectivity index (χ0n) is 19.5. The Kier molecular flexibility index (Phi) is 6.54. The zero-order chi connectivity index (χ0) is 24.2. The number of para-hydroxylation sites is 1. The Balaban J connectivity index is 1.27. The molecule has 0 radical (unpaired) electrons. The van der Waals surface area contributed by atoms with Crippen LogP contribution in [0.15, 0.2) is 86.6 Å². The van der Waals surface area contributed by atoms with E-state index in [1.807, 2.05) is 36.4 Å². The van der Waals surface area contributed by atoms with E-state index >= 15 is 0 Å². The second-order valence-corrected chi connectivity index (χ2v) is 8.45. The summed E-state index contributed by atoms with van der Waals surface area (Å²) in [4.78, 5) is 29.9. The van der Waals surface area contributed by atoms with Crippen molar-refractivity contribution < 1.29 is 18.4 Å². The van der Waals surface area contributed by atoms with Gasteiger partial charge in [-0.25, -0.2) is 4.79 Å². The molecule has 180 valence electrons. The molecule has 0 aliphatic carbocycles. The van der Waals surface area contributed by atoms with Crippen molar-refractivity contribution in [2.45, 2.75) is 6.04 Å². The molecule has 1 unspecified atom stereocenters. The predicted molar refractivity (Wildman–Crippen MR) is 133 cm³/mol. The van der Waals surface area contributed by atoms with Gasteiger partial charge in [-0.05, 0) is 48.5 Å². The molecule has 5 rings (SSSR count). The number of amides is 1. The lowest BCUT2D eigenvalue weighted by molar-refractivity contribution is 0.0919. The molecule has 1 aliphatic rings. The van der Waals surface area contributed by atoms with Crippen molar-refractivity contribution in [1.29, 1.82) is 0 Å². The van der Waals surface area contributed by atoms with E-state index in [4.69, 9.17) is 13.6 Å². The van der Waals surface area contributed by atoms with Crippen LogP contribution in [0.5, 0.6) is 5.75 Å². The molecule has 1 atom stereocenters. The number of carbonyl (C=O) groups excluding carboxylic acids is 1. The standard InChI is InChI=1S/C27H27N3O5/c1-33-21-10-8-20(9-11-21)29-12-14-30(15-13-29)23(25-7-4-16-34-25)18-28-26(31)22-17-19-5-2-3-6-24(19)35-27(22)32/h2-11,16-17,23H,12-15,18H2,1H3,(H,28,31). The molecule has 2 aromatic heterocycles. The summed E-state index contributed by atoms with van der Waals surface area (Å²) in [6, 6.07) is 20.4. The number of benzene rings is 2. The first-order valence-corrected chi connectivity index (χ1v) is 11.6. The van der Waals surface area contributed by atoms with Gasteiger partial charge >= 0.3 is 5.63 Å². The average molecular weight is 474 g/mol. The number of nitrogens with one attached hydrogen (secondary N) is 1. The van der Waals surface area contributed by atoms with Crippen molar-refractivity contribution in [2.75, 3.05) is 44.7 Å². The molecule has 1 aliphatic heterocycles. The summed E-state index contributed by atoms with van der Waals surface area (Å²) in [5.41, 5.74) is 0.948. The SMILES string of the molecule is COc1ccc(N2CCN(C(CNC(=O)c3cc4ccccc4oc3=O)c3ccco3)CC2)cc1. The Morgan fingerprint density at radius 3 is 2.51 bits per heavy atom. The molecule has 0 saturated carbocycles. The third kappa shape index (κ3) is 4.93. The molecule has 8 nitrogen and oxygen atoms in total. The van der Waals surface area contributed by atoms with Gasteiger partial charge in [-0.2, -0.15) is 0 Å². The van der Waals surface area contributed by atoms with Gasteiger partial charge in [0, 0.05) is 43.8 Å². The van der Waals surface area contributed by atoms with Crippen LogP contribution in [0.1, 0.15) is 22.2 Å². The van der Waals surface area contributed by atoms with Crippen LogP contribution in [0.3, 0.4) is 0 Å². The Hall–Kier alpha value is -4.04. The minimum atomic E-state index is -0.649. The molecule has 35 heavy (non-hydrogen) atoms. The van der Waals surface area contributed by atoms with Gasteiger partial charge < -0.3 is 23.8 Å². The van der Waals surface area contributed by atoms with Crippen LogP contribution in [0.2, 0.25) is 0 Å². The largest absolute Gasteiger partial charge is 0.497 e. The maximum atomic E-state index is 12.9. The highest BCUT2D eigenvalue weighted by atomic mass is 16.5. The number of anilines is 1. The fourth-order valence-corrected chi connectivity index (χ4v) is 4.48. The predicted octanol–water partition coefficient (Wildman–Crippen LogP) is 3.69. The monoisotopic (exact) mass is 473 g/mol. The van der Waals surface area contributed by atoms with E-state index in [1.54, 1.807) is 31.6 Å². The summed E-state index contributed by atoms with van der Waals surface area (Å²) >= 11 is 0.